The normalized spacial score (nSPS) is 17.3. The lowest BCUT2D eigenvalue weighted by Gasteiger charge is -2.30. The minimum Gasteiger partial charge on any atom is -0.362 e. The van der Waals surface area contributed by atoms with Crippen molar-refractivity contribution in [3.05, 3.63) is 47.8 Å². The van der Waals surface area contributed by atoms with Gasteiger partial charge in [-0.25, -0.2) is 4.98 Å². The van der Waals surface area contributed by atoms with Gasteiger partial charge in [0.05, 0.1) is 17.1 Å². The van der Waals surface area contributed by atoms with Crippen LogP contribution in [0.25, 0.3) is 11.0 Å². The Labute approximate surface area is 146 Å². The number of carbonyl (C=O) groups excluding carboxylic acids is 1. The molecule has 0 saturated heterocycles. The molecule has 1 aromatic carbocycles. The fraction of sp³-hybridized carbons (Fsp3) is 0.316. The molecule has 128 valence electrons. The first-order valence-electron chi connectivity index (χ1n) is 8.46. The maximum absolute atomic E-state index is 12.1. The lowest BCUT2D eigenvalue weighted by atomic mass is 10.1. The van der Waals surface area contributed by atoms with Crippen molar-refractivity contribution in [3.63, 3.8) is 0 Å². The predicted octanol–water partition coefficient (Wildman–Crippen LogP) is 3.01. The Morgan fingerprint density at radius 1 is 1.32 bits per heavy atom. The average molecular weight is 335 g/mol. The molecule has 1 aliphatic rings. The summed E-state index contributed by atoms with van der Waals surface area (Å²) in [7, 11) is 1.91. The Morgan fingerprint density at radius 2 is 2.12 bits per heavy atom. The van der Waals surface area contributed by atoms with Crippen LogP contribution in [0.5, 0.6) is 0 Å². The van der Waals surface area contributed by atoms with Crippen LogP contribution in [-0.2, 0) is 18.4 Å². The van der Waals surface area contributed by atoms with Crippen molar-refractivity contribution in [2.45, 2.75) is 32.9 Å². The summed E-state index contributed by atoms with van der Waals surface area (Å²) < 4.78 is 1.81. The zero-order valence-electron chi connectivity index (χ0n) is 14.7. The highest BCUT2D eigenvalue weighted by Gasteiger charge is 2.25. The first-order valence-corrected chi connectivity index (χ1v) is 8.46. The molecule has 2 aromatic heterocycles. The summed E-state index contributed by atoms with van der Waals surface area (Å²) in [6.45, 7) is 4.79. The van der Waals surface area contributed by atoms with Gasteiger partial charge in [0.1, 0.15) is 0 Å². The zero-order valence-corrected chi connectivity index (χ0v) is 14.7. The number of carbonyl (C=O) groups is 1. The minimum absolute atomic E-state index is 0.0548. The molecule has 1 amide bonds. The molecule has 1 aliphatic heterocycles. The van der Waals surface area contributed by atoms with E-state index >= 15 is 0 Å². The van der Waals surface area contributed by atoms with Crippen LogP contribution in [0.1, 0.15) is 24.6 Å². The van der Waals surface area contributed by atoms with Crippen LogP contribution in [0.4, 0.5) is 11.4 Å². The smallest absolute Gasteiger partial charge is 0.226 e. The number of fused-ring (bicyclic) bond motifs is 2. The zero-order chi connectivity index (χ0) is 17.6. The summed E-state index contributed by atoms with van der Waals surface area (Å²) in [4.78, 5) is 19.0. The van der Waals surface area contributed by atoms with E-state index in [4.69, 9.17) is 0 Å². The number of rotatable bonds is 2. The van der Waals surface area contributed by atoms with Crippen LogP contribution >= 0.6 is 0 Å². The monoisotopic (exact) mass is 335 g/mol. The maximum atomic E-state index is 12.1. The third-order valence-electron chi connectivity index (χ3n) is 4.77. The molecule has 6 heteroatoms. The molecular weight excluding hydrogens is 314 g/mol. The number of amides is 1. The molecule has 0 spiro atoms. The standard InChI is InChI=1S/C19H21N5O/c1-12-8-18(25)21-16-6-4-5-7-17(16)24(12)11-14-9-15-13(2)22-23(3)19(15)20-10-14/h4-7,9-10,12H,8,11H2,1-3H3,(H,21,25). The molecule has 0 bridgehead atoms. The largest absolute Gasteiger partial charge is 0.362 e. The maximum Gasteiger partial charge on any atom is 0.226 e. The van der Waals surface area contributed by atoms with E-state index in [1.165, 1.54) is 0 Å². The number of hydrogen-bond acceptors (Lipinski definition) is 4. The van der Waals surface area contributed by atoms with Gasteiger partial charge in [-0.15, -0.1) is 0 Å². The number of aryl methyl sites for hydroxylation is 2. The third kappa shape index (κ3) is 2.73. The summed E-state index contributed by atoms with van der Waals surface area (Å²) in [5, 5.41) is 8.51. The van der Waals surface area contributed by atoms with E-state index in [1.54, 1.807) is 4.68 Å². The Bertz CT molecular complexity index is 962. The highest BCUT2D eigenvalue weighted by atomic mass is 16.1. The van der Waals surface area contributed by atoms with E-state index in [1.807, 2.05) is 38.4 Å². The first kappa shape index (κ1) is 15.6. The van der Waals surface area contributed by atoms with E-state index in [-0.39, 0.29) is 11.9 Å². The van der Waals surface area contributed by atoms with Gasteiger partial charge in [-0.05, 0) is 37.6 Å². The third-order valence-corrected chi connectivity index (χ3v) is 4.77. The SMILES string of the molecule is Cc1nn(C)c2ncc(CN3c4ccccc4NC(=O)CC3C)cc12. The van der Waals surface area contributed by atoms with Crippen molar-refractivity contribution >= 4 is 28.3 Å². The van der Waals surface area contributed by atoms with Crippen molar-refractivity contribution in [1.29, 1.82) is 0 Å². The van der Waals surface area contributed by atoms with E-state index < -0.39 is 0 Å². The summed E-state index contributed by atoms with van der Waals surface area (Å²) >= 11 is 0. The van der Waals surface area contributed by atoms with E-state index in [9.17, 15) is 4.79 Å². The van der Waals surface area contributed by atoms with E-state index in [2.05, 4.69) is 39.4 Å². The van der Waals surface area contributed by atoms with Gasteiger partial charge < -0.3 is 10.2 Å². The van der Waals surface area contributed by atoms with Crippen LogP contribution in [0, 0.1) is 6.92 Å². The lowest BCUT2D eigenvalue weighted by molar-refractivity contribution is -0.116. The molecular formula is C19H21N5O. The number of anilines is 2. The molecule has 3 aromatic rings. The molecule has 1 atom stereocenters. The number of para-hydroxylation sites is 2. The average Bonchev–Trinajstić information content (AvgIpc) is 2.80. The highest BCUT2D eigenvalue weighted by molar-refractivity contribution is 5.96. The Balaban J connectivity index is 1.74. The molecule has 0 saturated carbocycles. The van der Waals surface area contributed by atoms with Crippen molar-refractivity contribution < 1.29 is 4.79 Å². The van der Waals surface area contributed by atoms with Gasteiger partial charge >= 0.3 is 0 Å². The van der Waals surface area contributed by atoms with Gasteiger partial charge in [0.15, 0.2) is 5.65 Å². The number of aromatic nitrogens is 3. The van der Waals surface area contributed by atoms with Crippen LogP contribution in [0.3, 0.4) is 0 Å². The van der Waals surface area contributed by atoms with Crippen LogP contribution < -0.4 is 10.2 Å². The lowest BCUT2D eigenvalue weighted by Crippen LogP contribution is -2.33. The Morgan fingerprint density at radius 3 is 2.96 bits per heavy atom. The second kappa shape index (κ2) is 5.88. The van der Waals surface area contributed by atoms with Crippen molar-refractivity contribution in [2.75, 3.05) is 10.2 Å². The fourth-order valence-electron chi connectivity index (χ4n) is 3.52. The quantitative estimate of drug-likeness (QED) is 0.782. The van der Waals surface area contributed by atoms with Gasteiger partial charge in [0.2, 0.25) is 5.91 Å². The van der Waals surface area contributed by atoms with Crippen LogP contribution in [-0.4, -0.2) is 26.7 Å². The molecule has 3 heterocycles. The molecule has 1 N–H and O–H groups in total. The minimum atomic E-state index is 0.0548. The summed E-state index contributed by atoms with van der Waals surface area (Å²) in [6, 6.07) is 10.2. The van der Waals surface area contributed by atoms with Crippen molar-refractivity contribution in [2.24, 2.45) is 7.05 Å². The molecule has 25 heavy (non-hydrogen) atoms. The first-order chi connectivity index (χ1) is 12.0. The predicted molar refractivity (Wildman–Crippen MR) is 98.6 cm³/mol. The topological polar surface area (TPSA) is 63.1 Å². The molecule has 0 aliphatic carbocycles. The molecule has 1 unspecified atom stereocenters. The molecule has 0 fully saturated rings. The summed E-state index contributed by atoms with van der Waals surface area (Å²) in [5.41, 5.74) is 4.89. The number of benzene rings is 1. The summed E-state index contributed by atoms with van der Waals surface area (Å²) in [5.74, 6) is 0.0548. The van der Waals surface area contributed by atoms with Gasteiger partial charge in [0.25, 0.3) is 0 Å². The van der Waals surface area contributed by atoms with Crippen molar-refractivity contribution in [1.82, 2.24) is 14.8 Å². The second-order valence-corrected chi connectivity index (χ2v) is 6.67. The van der Waals surface area contributed by atoms with Gasteiger partial charge in [-0.2, -0.15) is 5.10 Å². The second-order valence-electron chi connectivity index (χ2n) is 6.67. The number of pyridine rings is 1. The fourth-order valence-corrected chi connectivity index (χ4v) is 3.52. The van der Waals surface area contributed by atoms with Crippen LogP contribution in [0.2, 0.25) is 0 Å². The van der Waals surface area contributed by atoms with Crippen molar-refractivity contribution in [3.8, 4) is 0 Å². The van der Waals surface area contributed by atoms with Crippen LogP contribution in [0.15, 0.2) is 36.5 Å². The number of nitrogens with zero attached hydrogens (tertiary/aromatic N) is 4. The molecule has 4 rings (SSSR count). The number of nitrogens with one attached hydrogen (secondary N) is 1. The Hall–Kier alpha value is -2.89. The van der Waals surface area contributed by atoms with Gasteiger partial charge in [-0.1, -0.05) is 12.1 Å². The van der Waals surface area contributed by atoms with E-state index in [0.717, 1.165) is 33.7 Å². The Kier molecular flexibility index (Phi) is 3.67. The number of hydrogen-bond donors (Lipinski definition) is 1. The highest BCUT2D eigenvalue weighted by Crippen LogP contribution is 2.32. The molecule has 0 radical (unpaired) electrons. The van der Waals surface area contributed by atoms with Gasteiger partial charge in [0, 0.05) is 37.6 Å². The summed E-state index contributed by atoms with van der Waals surface area (Å²) in [6.07, 6.45) is 2.37. The van der Waals surface area contributed by atoms with Gasteiger partial charge in [-0.3, -0.25) is 9.48 Å². The van der Waals surface area contributed by atoms with E-state index in [0.29, 0.717) is 13.0 Å². The molecule has 6 nitrogen and oxygen atoms in total.